The van der Waals surface area contributed by atoms with Crippen LogP contribution in [0.2, 0.25) is 0 Å². The zero-order valence-electron chi connectivity index (χ0n) is 7.18. The lowest BCUT2D eigenvalue weighted by atomic mass is 10.0. The van der Waals surface area contributed by atoms with Crippen molar-refractivity contribution in [2.75, 3.05) is 0 Å². The first-order chi connectivity index (χ1) is 5.33. The quantitative estimate of drug-likeness (QED) is 0.566. The van der Waals surface area contributed by atoms with Gasteiger partial charge in [0.25, 0.3) is 0 Å². The Hall–Kier alpha value is -0.590. The highest BCUT2D eigenvalue weighted by Gasteiger charge is 2.14. The molecule has 0 saturated heterocycles. The molecule has 0 aromatic rings. The van der Waals surface area contributed by atoms with Crippen molar-refractivity contribution in [3.63, 3.8) is 0 Å². The van der Waals surface area contributed by atoms with E-state index in [0.717, 1.165) is 6.42 Å². The van der Waals surface area contributed by atoms with E-state index in [0.29, 0.717) is 11.7 Å². The van der Waals surface area contributed by atoms with Gasteiger partial charge in [0.1, 0.15) is 0 Å². The van der Waals surface area contributed by atoms with Crippen LogP contribution in [0.25, 0.3) is 0 Å². The number of ketones is 1. The Bertz CT molecular complexity index is 158. The average molecular weight is 152 g/mol. The second-order valence-electron chi connectivity index (χ2n) is 3.29. The number of carbonyl (C=O) groups is 1. The molecule has 0 radical (unpaired) electrons. The number of rotatable bonds is 4. The molecular weight excluding hydrogens is 136 g/mol. The number of carbonyl (C=O) groups excluding carboxylic acids is 1. The van der Waals surface area contributed by atoms with E-state index in [1.807, 2.05) is 0 Å². The summed E-state index contributed by atoms with van der Waals surface area (Å²) in [4.78, 5) is 10.8. The lowest BCUT2D eigenvalue weighted by molar-refractivity contribution is -0.114. The molecule has 0 bridgehead atoms. The molecule has 0 unspecified atom stereocenters. The van der Waals surface area contributed by atoms with Crippen molar-refractivity contribution in [2.45, 2.75) is 39.0 Å². The van der Waals surface area contributed by atoms with Crippen molar-refractivity contribution in [3.8, 4) is 0 Å². The Labute approximate surface area is 68.5 Å². The lowest BCUT2D eigenvalue weighted by Gasteiger charge is -2.04. The summed E-state index contributed by atoms with van der Waals surface area (Å²) in [7, 11) is 0. The van der Waals surface area contributed by atoms with Gasteiger partial charge in [-0.25, -0.2) is 0 Å². The molecule has 0 saturated carbocycles. The van der Waals surface area contributed by atoms with Gasteiger partial charge in [0.2, 0.25) is 0 Å². The fourth-order valence-electron chi connectivity index (χ4n) is 1.49. The van der Waals surface area contributed by atoms with Crippen molar-refractivity contribution >= 4 is 5.78 Å². The molecule has 1 aliphatic carbocycles. The van der Waals surface area contributed by atoms with Gasteiger partial charge >= 0.3 is 0 Å². The van der Waals surface area contributed by atoms with E-state index in [4.69, 9.17) is 0 Å². The fourth-order valence-corrected chi connectivity index (χ4v) is 1.49. The molecule has 0 fully saturated rings. The summed E-state index contributed by atoms with van der Waals surface area (Å²) in [6.07, 6.45) is 9.62. The zero-order chi connectivity index (χ0) is 8.10. The topological polar surface area (TPSA) is 17.1 Å². The third kappa shape index (κ3) is 2.87. The first-order valence-corrected chi connectivity index (χ1v) is 4.54. The number of hydrogen-bond acceptors (Lipinski definition) is 1. The lowest BCUT2D eigenvalue weighted by Crippen LogP contribution is -1.95. The van der Waals surface area contributed by atoms with E-state index >= 15 is 0 Å². The maximum absolute atomic E-state index is 10.8. The van der Waals surface area contributed by atoms with Gasteiger partial charge in [0, 0.05) is 6.42 Å². The first kappa shape index (κ1) is 8.51. The summed E-state index contributed by atoms with van der Waals surface area (Å²) in [5.41, 5.74) is 0. The summed E-state index contributed by atoms with van der Waals surface area (Å²) in [6, 6.07) is 0. The van der Waals surface area contributed by atoms with Gasteiger partial charge in [-0.2, -0.15) is 0 Å². The molecule has 0 aromatic heterocycles. The second kappa shape index (κ2) is 4.32. The minimum atomic E-state index is 0.312. The molecular formula is C10H16O. The second-order valence-corrected chi connectivity index (χ2v) is 3.29. The van der Waals surface area contributed by atoms with Gasteiger partial charge in [-0.1, -0.05) is 32.3 Å². The third-order valence-corrected chi connectivity index (χ3v) is 2.20. The molecule has 0 spiro atoms. The molecule has 1 aliphatic rings. The molecule has 1 rings (SSSR count). The smallest absolute Gasteiger partial charge is 0.155 e. The highest BCUT2D eigenvalue weighted by Crippen LogP contribution is 2.20. The molecule has 11 heavy (non-hydrogen) atoms. The van der Waals surface area contributed by atoms with Crippen LogP contribution in [0, 0.1) is 5.92 Å². The number of allylic oxidation sites excluding steroid dienone is 2. The zero-order valence-corrected chi connectivity index (χ0v) is 7.18. The van der Waals surface area contributed by atoms with Crippen LogP contribution in [-0.2, 0) is 4.79 Å². The van der Waals surface area contributed by atoms with Crippen LogP contribution in [0.3, 0.4) is 0 Å². The molecule has 1 heteroatoms. The van der Waals surface area contributed by atoms with E-state index in [-0.39, 0.29) is 0 Å². The van der Waals surface area contributed by atoms with Crippen LogP contribution < -0.4 is 0 Å². The predicted octanol–water partition coefficient (Wildman–Crippen LogP) is 2.71. The Morgan fingerprint density at radius 3 is 2.91 bits per heavy atom. The van der Waals surface area contributed by atoms with Gasteiger partial charge < -0.3 is 0 Å². The monoisotopic (exact) mass is 152 g/mol. The van der Waals surface area contributed by atoms with Crippen LogP contribution in [0.1, 0.15) is 39.0 Å². The maximum Gasteiger partial charge on any atom is 0.155 e. The van der Waals surface area contributed by atoms with Crippen LogP contribution in [0.5, 0.6) is 0 Å². The fraction of sp³-hybridized carbons (Fsp3) is 0.700. The van der Waals surface area contributed by atoms with Gasteiger partial charge in [0.05, 0.1) is 0 Å². The van der Waals surface area contributed by atoms with Crippen LogP contribution in [-0.4, -0.2) is 5.78 Å². The standard InChI is InChI=1S/C10H16O/c1-2-3-4-5-9-6-7-10(11)8-9/h6-7,9H,2-5,8H2,1H3/t9-/m1/s1. The summed E-state index contributed by atoms with van der Waals surface area (Å²) < 4.78 is 0. The number of hydrogen-bond donors (Lipinski definition) is 0. The van der Waals surface area contributed by atoms with Gasteiger partial charge in [-0.05, 0) is 18.4 Å². The van der Waals surface area contributed by atoms with Crippen molar-refractivity contribution in [1.29, 1.82) is 0 Å². The summed E-state index contributed by atoms with van der Waals surface area (Å²) in [5, 5.41) is 0. The summed E-state index contributed by atoms with van der Waals surface area (Å²) in [6.45, 7) is 2.20. The molecule has 0 N–H and O–H groups in total. The third-order valence-electron chi connectivity index (χ3n) is 2.20. The van der Waals surface area contributed by atoms with E-state index in [1.54, 1.807) is 6.08 Å². The normalized spacial score (nSPS) is 23.0. The molecule has 0 amide bonds. The molecule has 0 aliphatic heterocycles. The first-order valence-electron chi connectivity index (χ1n) is 4.54. The van der Waals surface area contributed by atoms with Crippen molar-refractivity contribution in [3.05, 3.63) is 12.2 Å². The predicted molar refractivity (Wildman–Crippen MR) is 46.4 cm³/mol. The minimum Gasteiger partial charge on any atom is -0.295 e. The van der Waals surface area contributed by atoms with Crippen molar-refractivity contribution in [1.82, 2.24) is 0 Å². The van der Waals surface area contributed by atoms with Crippen LogP contribution in [0.4, 0.5) is 0 Å². The highest BCUT2D eigenvalue weighted by molar-refractivity contribution is 5.92. The summed E-state index contributed by atoms with van der Waals surface area (Å²) >= 11 is 0. The Balaban J connectivity index is 2.09. The molecule has 1 nitrogen and oxygen atoms in total. The van der Waals surface area contributed by atoms with Crippen molar-refractivity contribution < 1.29 is 4.79 Å². The molecule has 62 valence electrons. The van der Waals surface area contributed by atoms with E-state index in [2.05, 4.69) is 13.0 Å². The van der Waals surface area contributed by atoms with Gasteiger partial charge in [0.15, 0.2) is 5.78 Å². The molecule has 1 atom stereocenters. The SMILES string of the molecule is CCCCC[C@@H]1C=CC(=O)C1. The summed E-state index contributed by atoms with van der Waals surface area (Å²) in [5.74, 6) is 0.876. The van der Waals surface area contributed by atoms with Crippen LogP contribution in [0.15, 0.2) is 12.2 Å². The minimum absolute atomic E-state index is 0.312. The Morgan fingerprint density at radius 1 is 1.55 bits per heavy atom. The van der Waals surface area contributed by atoms with E-state index < -0.39 is 0 Å². The molecule has 0 aromatic carbocycles. The largest absolute Gasteiger partial charge is 0.295 e. The Morgan fingerprint density at radius 2 is 2.36 bits per heavy atom. The van der Waals surface area contributed by atoms with Gasteiger partial charge in [-0.3, -0.25) is 4.79 Å². The average Bonchev–Trinajstić information content (AvgIpc) is 2.37. The van der Waals surface area contributed by atoms with Gasteiger partial charge in [-0.15, -0.1) is 0 Å². The maximum atomic E-state index is 10.8. The van der Waals surface area contributed by atoms with E-state index in [1.165, 1.54) is 25.7 Å². The Kier molecular flexibility index (Phi) is 3.34. The molecule has 0 heterocycles. The highest BCUT2D eigenvalue weighted by atomic mass is 16.1. The number of unbranched alkanes of at least 4 members (excludes halogenated alkanes) is 2. The van der Waals surface area contributed by atoms with Crippen LogP contribution >= 0.6 is 0 Å². The van der Waals surface area contributed by atoms with E-state index in [9.17, 15) is 4.79 Å². The van der Waals surface area contributed by atoms with Crippen molar-refractivity contribution in [2.24, 2.45) is 5.92 Å².